The molecule has 29 heavy (non-hydrogen) atoms. The number of carbonyl (C=O) groups excluding carboxylic acids is 2. The first-order valence-corrected chi connectivity index (χ1v) is 11.8. The van der Waals surface area contributed by atoms with Crippen molar-refractivity contribution in [3.8, 4) is 0 Å². The molecule has 0 radical (unpaired) electrons. The number of nitrogens with zero attached hydrogens (tertiary/aromatic N) is 1. The Bertz CT molecular complexity index is 853. The van der Waals surface area contributed by atoms with E-state index in [1.54, 1.807) is 17.0 Å². The molecule has 2 N–H and O–H groups in total. The highest BCUT2D eigenvalue weighted by molar-refractivity contribution is 7.89. The number of hydrogen-bond acceptors (Lipinski definition) is 4. The molecule has 0 spiro atoms. The minimum Gasteiger partial charge on any atom is -0.337 e. The molecule has 1 saturated heterocycles. The van der Waals surface area contributed by atoms with Crippen molar-refractivity contribution in [2.75, 3.05) is 11.9 Å². The number of amides is 2. The highest BCUT2D eigenvalue weighted by Crippen LogP contribution is 2.27. The molecule has 1 unspecified atom stereocenters. The van der Waals surface area contributed by atoms with Gasteiger partial charge in [-0.1, -0.05) is 19.3 Å². The molecule has 2 aliphatic rings. The monoisotopic (exact) mass is 421 g/mol. The average Bonchev–Trinajstić information content (AvgIpc) is 3.05. The van der Waals surface area contributed by atoms with Crippen molar-refractivity contribution in [1.29, 1.82) is 0 Å². The van der Waals surface area contributed by atoms with Gasteiger partial charge < -0.3 is 10.2 Å². The summed E-state index contributed by atoms with van der Waals surface area (Å²) in [6.07, 6.45) is 5.20. The van der Waals surface area contributed by atoms with Crippen LogP contribution in [-0.2, 0) is 19.6 Å². The minimum atomic E-state index is -3.57. The van der Waals surface area contributed by atoms with Gasteiger partial charge in [-0.25, -0.2) is 13.1 Å². The van der Waals surface area contributed by atoms with Crippen LogP contribution in [0, 0.1) is 5.92 Å². The van der Waals surface area contributed by atoms with Crippen LogP contribution in [0.5, 0.6) is 0 Å². The molecule has 3 rings (SSSR count). The van der Waals surface area contributed by atoms with Crippen LogP contribution in [0.3, 0.4) is 0 Å². The van der Waals surface area contributed by atoms with Gasteiger partial charge in [0.25, 0.3) is 0 Å². The van der Waals surface area contributed by atoms with Gasteiger partial charge in [-0.2, -0.15) is 0 Å². The standard InChI is InChI=1S/C21H31N3O4S/c1-21(2,3)24-14-15(13-19(24)25)20(26)22-16-9-11-18(12-10-16)29(27,28)23-17-7-5-4-6-8-17/h9-12,15,17,23H,4-8,13-14H2,1-3H3,(H,22,26). The second kappa shape index (κ2) is 8.44. The first kappa shape index (κ1) is 21.8. The van der Waals surface area contributed by atoms with E-state index in [1.807, 2.05) is 20.8 Å². The van der Waals surface area contributed by atoms with Crippen molar-refractivity contribution < 1.29 is 18.0 Å². The highest BCUT2D eigenvalue weighted by Gasteiger charge is 2.39. The lowest BCUT2D eigenvalue weighted by molar-refractivity contribution is -0.131. The molecule has 0 bridgehead atoms. The highest BCUT2D eigenvalue weighted by atomic mass is 32.2. The molecule has 1 heterocycles. The van der Waals surface area contributed by atoms with E-state index in [1.165, 1.54) is 12.1 Å². The fourth-order valence-electron chi connectivity index (χ4n) is 4.00. The maximum absolute atomic E-state index is 12.6. The molecule has 1 aromatic rings. The quantitative estimate of drug-likeness (QED) is 0.764. The van der Waals surface area contributed by atoms with Gasteiger partial charge in [0.05, 0.1) is 10.8 Å². The first-order valence-electron chi connectivity index (χ1n) is 10.3. The smallest absolute Gasteiger partial charge is 0.240 e. The molecule has 1 aliphatic carbocycles. The maximum Gasteiger partial charge on any atom is 0.240 e. The lowest BCUT2D eigenvalue weighted by Gasteiger charge is -2.31. The second-order valence-electron chi connectivity index (χ2n) is 9.05. The summed E-state index contributed by atoms with van der Waals surface area (Å²) in [6, 6.07) is 6.18. The van der Waals surface area contributed by atoms with Gasteiger partial charge in [-0.15, -0.1) is 0 Å². The zero-order chi connectivity index (χ0) is 21.2. The Labute approximate surface area is 173 Å². The number of nitrogens with one attached hydrogen (secondary N) is 2. The Morgan fingerprint density at radius 3 is 2.24 bits per heavy atom. The summed E-state index contributed by atoms with van der Waals surface area (Å²) in [5.74, 6) is -0.646. The summed E-state index contributed by atoms with van der Waals surface area (Å²) in [5, 5.41) is 2.80. The molecule has 1 saturated carbocycles. The van der Waals surface area contributed by atoms with E-state index in [0.717, 1.165) is 32.1 Å². The largest absolute Gasteiger partial charge is 0.337 e. The van der Waals surface area contributed by atoms with Crippen molar-refractivity contribution in [3.63, 3.8) is 0 Å². The normalized spacial score (nSPS) is 21.4. The van der Waals surface area contributed by atoms with Crippen LogP contribution in [0.2, 0.25) is 0 Å². The van der Waals surface area contributed by atoms with Crippen LogP contribution < -0.4 is 10.0 Å². The van der Waals surface area contributed by atoms with Gasteiger partial charge in [-0.05, 0) is 57.9 Å². The molecule has 1 atom stereocenters. The van der Waals surface area contributed by atoms with Gasteiger partial charge in [0.15, 0.2) is 0 Å². The third-order valence-corrected chi connectivity index (χ3v) is 7.20. The van der Waals surface area contributed by atoms with Gasteiger partial charge in [-0.3, -0.25) is 9.59 Å². The topological polar surface area (TPSA) is 95.6 Å². The predicted octanol–water partition coefficient (Wildman–Crippen LogP) is 2.88. The fraction of sp³-hybridized carbons (Fsp3) is 0.619. The van der Waals surface area contributed by atoms with E-state index in [2.05, 4.69) is 10.0 Å². The van der Waals surface area contributed by atoms with Crippen molar-refractivity contribution in [1.82, 2.24) is 9.62 Å². The van der Waals surface area contributed by atoms with E-state index in [9.17, 15) is 18.0 Å². The van der Waals surface area contributed by atoms with Crippen molar-refractivity contribution in [2.24, 2.45) is 5.92 Å². The summed E-state index contributed by atoms with van der Waals surface area (Å²) in [5.41, 5.74) is 0.210. The number of likely N-dealkylation sites (tertiary alicyclic amines) is 1. The van der Waals surface area contributed by atoms with Crippen LogP contribution in [0.4, 0.5) is 5.69 Å². The molecular formula is C21H31N3O4S. The summed E-state index contributed by atoms with van der Waals surface area (Å²) in [4.78, 5) is 26.7. The van der Waals surface area contributed by atoms with Gasteiger partial charge in [0.2, 0.25) is 21.8 Å². The van der Waals surface area contributed by atoms with Crippen molar-refractivity contribution in [2.45, 2.75) is 75.8 Å². The summed E-state index contributed by atoms with van der Waals surface area (Å²) >= 11 is 0. The zero-order valence-electron chi connectivity index (χ0n) is 17.4. The van der Waals surface area contributed by atoms with Crippen LogP contribution in [0.15, 0.2) is 29.2 Å². The Balaban J connectivity index is 1.60. The Morgan fingerprint density at radius 1 is 1.07 bits per heavy atom. The summed E-state index contributed by atoms with van der Waals surface area (Å²) < 4.78 is 27.9. The lowest BCUT2D eigenvalue weighted by Crippen LogP contribution is -2.42. The third-order valence-electron chi connectivity index (χ3n) is 5.66. The van der Waals surface area contributed by atoms with Crippen molar-refractivity contribution >= 4 is 27.5 Å². The number of carbonyl (C=O) groups is 2. The van der Waals surface area contributed by atoms with Crippen LogP contribution >= 0.6 is 0 Å². The predicted molar refractivity (Wildman–Crippen MR) is 112 cm³/mol. The Morgan fingerprint density at radius 2 is 1.69 bits per heavy atom. The van der Waals surface area contributed by atoms with E-state index in [-0.39, 0.29) is 34.7 Å². The van der Waals surface area contributed by atoms with E-state index < -0.39 is 15.9 Å². The Kier molecular flexibility index (Phi) is 6.33. The van der Waals surface area contributed by atoms with Gasteiger partial charge in [0, 0.05) is 30.2 Å². The van der Waals surface area contributed by atoms with Crippen LogP contribution in [0.1, 0.15) is 59.3 Å². The second-order valence-corrected chi connectivity index (χ2v) is 10.8. The number of sulfonamides is 1. The Hall–Kier alpha value is -1.93. The zero-order valence-corrected chi connectivity index (χ0v) is 18.2. The van der Waals surface area contributed by atoms with E-state index in [4.69, 9.17) is 0 Å². The molecule has 160 valence electrons. The molecule has 1 aromatic carbocycles. The summed E-state index contributed by atoms with van der Waals surface area (Å²) in [7, 11) is -3.57. The molecule has 1 aliphatic heterocycles. The lowest BCUT2D eigenvalue weighted by atomic mass is 9.96. The third kappa shape index (κ3) is 5.36. The maximum atomic E-state index is 12.6. The summed E-state index contributed by atoms with van der Waals surface area (Å²) in [6.45, 7) is 6.25. The molecule has 7 nitrogen and oxygen atoms in total. The van der Waals surface area contributed by atoms with Crippen molar-refractivity contribution in [3.05, 3.63) is 24.3 Å². The molecule has 2 amide bonds. The first-order chi connectivity index (χ1) is 13.6. The van der Waals surface area contributed by atoms with Gasteiger partial charge >= 0.3 is 0 Å². The minimum absolute atomic E-state index is 0.00112. The average molecular weight is 422 g/mol. The van der Waals surface area contributed by atoms with E-state index >= 15 is 0 Å². The molecule has 0 aromatic heterocycles. The molecular weight excluding hydrogens is 390 g/mol. The molecule has 8 heteroatoms. The SMILES string of the molecule is CC(C)(C)N1CC(C(=O)Nc2ccc(S(=O)(=O)NC3CCCCC3)cc2)CC1=O. The fourth-order valence-corrected chi connectivity index (χ4v) is 5.31. The number of anilines is 1. The van der Waals surface area contributed by atoms with E-state index in [0.29, 0.717) is 12.2 Å². The van der Waals surface area contributed by atoms with Crippen LogP contribution in [0.25, 0.3) is 0 Å². The number of rotatable bonds is 5. The number of hydrogen-bond donors (Lipinski definition) is 2. The van der Waals surface area contributed by atoms with Gasteiger partial charge in [0.1, 0.15) is 0 Å². The molecule has 2 fully saturated rings. The number of benzene rings is 1. The van der Waals surface area contributed by atoms with Crippen LogP contribution in [-0.4, -0.2) is 43.3 Å².